The highest BCUT2D eigenvalue weighted by Crippen LogP contribution is 2.33. The Morgan fingerprint density at radius 2 is 1.69 bits per heavy atom. The lowest BCUT2D eigenvalue weighted by atomic mass is 9.93. The quantitative estimate of drug-likeness (QED) is 0.658. The van der Waals surface area contributed by atoms with Crippen LogP contribution in [0.3, 0.4) is 0 Å². The maximum atomic E-state index is 13.7. The summed E-state index contributed by atoms with van der Waals surface area (Å²) in [6.07, 6.45) is 3.99. The van der Waals surface area contributed by atoms with Crippen LogP contribution in [-0.2, 0) is 17.8 Å². The number of rotatable bonds is 5. The molecule has 4 heterocycles. The molecule has 7 heteroatoms. The molecule has 1 amide bonds. The summed E-state index contributed by atoms with van der Waals surface area (Å²) in [5, 5.41) is 0. The van der Waals surface area contributed by atoms with Gasteiger partial charge < -0.3 is 19.6 Å². The van der Waals surface area contributed by atoms with E-state index in [0.717, 1.165) is 87.6 Å². The fourth-order valence-corrected chi connectivity index (χ4v) is 5.66. The predicted molar refractivity (Wildman–Crippen MR) is 141 cm³/mol. The molecule has 1 aromatic carbocycles. The molecule has 0 radical (unpaired) electrons. The Bertz CT molecular complexity index is 1010. The van der Waals surface area contributed by atoms with E-state index in [4.69, 9.17) is 9.97 Å². The number of nitrogens with zero attached hydrogens (tertiary/aromatic N) is 6. The Morgan fingerprint density at radius 3 is 2.37 bits per heavy atom. The van der Waals surface area contributed by atoms with Crippen LogP contribution in [0.2, 0.25) is 0 Å². The Balaban J connectivity index is 1.44. The minimum Gasteiger partial charge on any atom is -0.356 e. The average Bonchev–Trinajstić information content (AvgIpc) is 2.89. The minimum atomic E-state index is -0.0948. The van der Waals surface area contributed by atoms with Crippen LogP contribution in [0.5, 0.6) is 0 Å². The SMILES string of the molecule is CCC(C(=O)N1CCc2nc(N3CCN(C)CC3)nc(N3CCC(C)CC3)c2C1)c1ccccc1. The molecule has 2 aromatic rings. The predicted octanol–water partition coefficient (Wildman–Crippen LogP) is 3.54. The number of fused-ring (bicyclic) bond motifs is 1. The molecule has 3 aliphatic heterocycles. The second-order valence-electron chi connectivity index (χ2n) is 10.6. The van der Waals surface area contributed by atoms with Crippen LogP contribution in [0, 0.1) is 5.92 Å². The van der Waals surface area contributed by atoms with Crippen molar-refractivity contribution in [2.45, 2.75) is 52.0 Å². The van der Waals surface area contributed by atoms with Crippen LogP contribution in [0.15, 0.2) is 30.3 Å². The summed E-state index contributed by atoms with van der Waals surface area (Å²) in [6, 6.07) is 10.2. The third kappa shape index (κ3) is 5.15. The van der Waals surface area contributed by atoms with E-state index in [0.29, 0.717) is 6.54 Å². The van der Waals surface area contributed by atoms with E-state index in [-0.39, 0.29) is 11.8 Å². The van der Waals surface area contributed by atoms with Gasteiger partial charge in [-0.2, -0.15) is 4.98 Å². The minimum absolute atomic E-state index is 0.0948. The zero-order chi connectivity index (χ0) is 24.4. The van der Waals surface area contributed by atoms with Gasteiger partial charge in [-0.15, -0.1) is 0 Å². The van der Waals surface area contributed by atoms with Crippen molar-refractivity contribution in [1.82, 2.24) is 19.8 Å². The Labute approximate surface area is 210 Å². The monoisotopic (exact) mass is 476 g/mol. The number of amides is 1. The number of likely N-dealkylation sites (N-methyl/N-ethyl adjacent to an activating group) is 1. The normalized spacial score (nSPS) is 20.6. The number of aromatic nitrogens is 2. The second-order valence-corrected chi connectivity index (χ2v) is 10.6. The maximum absolute atomic E-state index is 13.7. The van der Waals surface area contributed by atoms with Crippen molar-refractivity contribution in [3.63, 3.8) is 0 Å². The van der Waals surface area contributed by atoms with Gasteiger partial charge in [0.05, 0.1) is 18.2 Å². The third-order valence-corrected chi connectivity index (χ3v) is 8.12. The summed E-state index contributed by atoms with van der Waals surface area (Å²) in [6.45, 7) is 11.9. The number of piperazine rings is 1. The smallest absolute Gasteiger partial charge is 0.230 e. The van der Waals surface area contributed by atoms with Crippen LogP contribution in [0.25, 0.3) is 0 Å². The molecule has 0 bridgehead atoms. The number of anilines is 2. The molecule has 2 fully saturated rings. The molecule has 0 spiro atoms. The fraction of sp³-hybridized carbons (Fsp3) is 0.607. The second kappa shape index (κ2) is 10.5. The van der Waals surface area contributed by atoms with E-state index in [1.54, 1.807) is 0 Å². The fourth-order valence-electron chi connectivity index (χ4n) is 5.66. The molecule has 5 rings (SSSR count). The molecule has 1 aromatic heterocycles. The molecular formula is C28H40N6O. The van der Waals surface area contributed by atoms with Crippen LogP contribution in [-0.4, -0.2) is 78.5 Å². The molecular weight excluding hydrogens is 436 g/mol. The molecule has 0 N–H and O–H groups in total. The molecule has 3 aliphatic rings. The largest absolute Gasteiger partial charge is 0.356 e. The Kier molecular flexibility index (Phi) is 7.23. The van der Waals surface area contributed by atoms with E-state index in [9.17, 15) is 4.79 Å². The van der Waals surface area contributed by atoms with Gasteiger partial charge in [0.15, 0.2) is 0 Å². The Morgan fingerprint density at radius 1 is 0.971 bits per heavy atom. The van der Waals surface area contributed by atoms with Gasteiger partial charge in [-0.25, -0.2) is 4.98 Å². The molecule has 1 atom stereocenters. The molecule has 188 valence electrons. The van der Waals surface area contributed by atoms with Gasteiger partial charge in [-0.05, 0) is 37.8 Å². The first-order valence-corrected chi connectivity index (χ1v) is 13.5. The highest BCUT2D eigenvalue weighted by molar-refractivity contribution is 5.84. The number of hydrogen-bond donors (Lipinski definition) is 0. The third-order valence-electron chi connectivity index (χ3n) is 8.12. The van der Waals surface area contributed by atoms with Crippen molar-refractivity contribution < 1.29 is 4.79 Å². The molecule has 0 aliphatic carbocycles. The van der Waals surface area contributed by atoms with Crippen LogP contribution in [0.4, 0.5) is 11.8 Å². The maximum Gasteiger partial charge on any atom is 0.230 e. The molecule has 0 saturated carbocycles. The number of carbonyl (C=O) groups is 1. The number of carbonyl (C=O) groups excluding carboxylic acids is 1. The van der Waals surface area contributed by atoms with Gasteiger partial charge in [0.2, 0.25) is 11.9 Å². The summed E-state index contributed by atoms with van der Waals surface area (Å²) in [7, 11) is 2.18. The van der Waals surface area contributed by atoms with Gasteiger partial charge in [0.1, 0.15) is 5.82 Å². The number of piperidine rings is 1. The first-order valence-electron chi connectivity index (χ1n) is 13.5. The van der Waals surface area contributed by atoms with E-state index >= 15 is 0 Å². The van der Waals surface area contributed by atoms with Crippen molar-refractivity contribution in [3.05, 3.63) is 47.2 Å². The first kappa shape index (κ1) is 24.0. The molecule has 1 unspecified atom stereocenters. The van der Waals surface area contributed by atoms with Gasteiger partial charge in [0.25, 0.3) is 0 Å². The summed E-state index contributed by atoms with van der Waals surface area (Å²) in [5.41, 5.74) is 3.41. The lowest BCUT2D eigenvalue weighted by Crippen LogP contribution is -2.46. The van der Waals surface area contributed by atoms with Gasteiger partial charge in [-0.3, -0.25) is 4.79 Å². The van der Waals surface area contributed by atoms with Gasteiger partial charge in [-0.1, -0.05) is 44.2 Å². The summed E-state index contributed by atoms with van der Waals surface area (Å²) in [5.74, 6) is 2.84. The van der Waals surface area contributed by atoms with Gasteiger partial charge in [0, 0.05) is 57.8 Å². The molecule has 35 heavy (non-hydrogen) atoms. The lowest BCUT2D eigenvalue weighted by Gasteiger charge is -2.38. The zero-order valence-electron chi connectivity index (χ0n) is 21.6. The van der Waals surface area contributed by atoms with Crippen molar-refractivity contribution in [3.8, 4) is 0 Å². The molecule has 2 saturated heterocycles. The van der Waals surface area contributed by atoms with Crippen molar-refractivity contribution in [2.24, 2.45) is 5.92 Å². The number of benzene rings is 1. The summed E-state index contributed by atoms with van der Waals surface area (Å²) < 4.78 is 0. The number of hydrogen-bond acceptors (Lipinski definition) is 6. The van der Waals surface area contributed by atoms with E-state index in [2.05, 4.69) is 52.6 Å². The average molecular weight is 477 g/mol. The van der Waals surface area contributed by atoms with E-state index in [1.165, 1.54) is 18.4 Å². The van der Waals surface area contributed by atoms with Crippen LogP contribution < -0.4 is 9.80 Å². The van der Waals surface area contributed by atoms with Crippen molar-refractivity contribution in [2.75, 3.05) is 62.7 Å². The summed E-state index contributed by atoms with van der Waals surface area (Å²) >= 11 is 0. The highest BCUT2D eigenvalue weighted by Gasteiger charge is 2.32. The van der Waals surface area contributed by atoms with Gasteiger partial charge >= 0.3 is 0 Å². The van der Waals surface area contributed by atoms with Crippen LogP contribution >= 0.6 is 0 Å². The van der Waals surface area contributed by atoms with E-state index < -0.39 is 0 Å². The topological polar surface area (TPSA) is 55.8 Å². The first-order chi connectivity index (χ1) is 17.0. The standard InChI is InChI=1S/C28H40N6O/c1-4-23(22-8-6-5-7-9-22)27(35)34-15-12-25-24(20-34)26(32-13-10-21(2)11-14-32)30-28(29-25)33-18-16-31(3)17-19-33/h5-9,21,23H,4,10-20H2,1-3H3. The lowest BCUT2D eigenvalue weighted by molar-refractivity contribution is -0.133. The molecule has 7 nitrogen and oxygen atoms in total. The van der Waals surface area contributed by atoms with Crippen molar-refractivity contribution in [1.29, 1.82) is 0 Å². The highest BCUT2D eigenvalue weighted by atomic mass is 16.2. The summed E-state index contributed by atoms with van der Waals surface area (Å²) in [4.78, 5) is 33.2. The van der Waals surface area contributed by atoms with Crippen molar-refractivity contribution >= 4 is 17.7 Å². The van der Waals surface area contributed by atoms with Crippen LogP contribution in [0.1, 0.15) is 55.8 Å². The Hall–Kier alpha value is -2.67. The van der Waals surface area contributed by atoms with E-state index in [1.807, 2.05) is 18.2 Å². The zero-order valence-corrected chi connectivity index (χ0v) is 21.6.